The van der Waals surface area contributed by atoms with Crippen LogP contribution in [-0.4, -0.2) is 50.4 Å². The Kier molecular flexibility index (Phi) is 6.92. The minimum Gasteiger partial charge on any atom is -0.493 e. The fraction of sp³-hybridized carbons (Fsp3) is 0.273. The van der Waals surface area contributed by atoms with Crippen molar-refractivity contribution in [2.24, 2.45) is 0 Å². The maximum Gasteiger partial charge on any atom is 0.225 e. The molecule has 0 radical (unpaired) electrons. The Morgan fingerprint density at radius 2 is 1.83 bits per heavy atom. The number of aliphatic hydroxyl groups is 1. The number of nitrogens with one attached hydrogen (secondary N) is 1. The van der Waals surface area contributed by atoms with E-state index in [1.54, 1.807) is 30.5 Å². The second-order valence-corrected chi connectivity index (χ2v) is 6.34. The summed E-state index contributed by atoms with van der Waals surface area (Å²) in [7, 11) is 4.50. The van der Waals surface area contributed by atoms with Gasteiger partial charge in [0.25, 0.3) is 0 Å². The lowest BCUT2D eigenvalue weighted by Crippen LogP contribution is -2.11. The van der Waals surface area contributed by atoms with Gasteiger partial charge in [-0.15, -0.1) is 0 Å². The normalized spacial score (nSPS) is 10.5. The van der Waals surface area contributed by atoms with Gasteiger partial charge in [0, 0.05) is 35.5 Å². The largest absolute Gasteiger partial charge is 0.493 e. The summed E-state index contributed by atoms with van der Waals surface area (Å²) in [4.78, 5) is 17.6. The van der Waals surface area contributed by atoms with Crippen LogP contribution in [0.25, 0.3) is 11.5 Å². The second kappa shape index (κ2) is 9.80. The van der Waals surface area contributed by atoms with Crippen LogP contribution in [0.2, 0.25) is 0 Å². The highest BCUT2D eigenvalue weighted by Gasteiger charge is 2.21. The second-order valence-electron chi connectivity index (χ2n) is 6.34. The number of benzene rings is 2. The Hall–Kier alpha value is -3.52. The van der Waals surface area contributed by atoms with Crippen molar-refractivity contribution in [3.8, 4) is 28.7 Å². The highest BCUT2D eigenvalue weighted by molar-refractivity contribution is 6.13. The molecule has 2 aromatic carbocycles. The van der Waals surface area contributed by atoms with Crippen molar-refractivity contribution in [2.45, 2.75) is 6.42 Å². The molecule has 0 saturated carbocycles. The molecule has 1 heterocycles. The number of aliphatic hydroxyl groups excluding tert-OH is 1. The Morgan fingerprint density at radius 3 is 2.40 bits per heavy atom. The number of aromatic nitrogens is 1. The number of hydrogen-bond acceptors (Lipinski definition) is 8. The van der Waals surface area contributed by atoms with Gasteiger partial charge in [-0.1, -0.05) is 0 Å². The third-order valence-electron chi connectivity index (χ3n) is 4.52. The van der Waals surface area contributed by atoms with Crippen molar-refractivity contribution in [3.63, 3.8) is 0 Å². The van der Waals surface area contributed by atoms with Gasteiger partial charge in [-0.3, -0.25) is 4.79 Å². The highest BCUT2D eigenvalue weighted by atomic mass is 16.5. The number of carbonyl (C=O) groups excluding carboxylic acids is 1. The quantitative estimate of drug-likeness (QED) is 0.386. The molecule has 158 valence electrons. The van der Waals surface area contributed by atoms with Crippen molar-refractivity contribution < 1.29 is 28.5 Å². The van der Waals surface area contributed by atoms with Crippen LogP contribution in [0, 0.1) is 0 Å². The van der Waals surface area contributed by atoms with Gasteiger partial charge in [0.15, 0.2) is 17.3 Å². The first kappa shape index (κ1) is 21.2. The van der Waals surface area contributed by atoms with E-state index in [1.165, 1.54) is 27.6 Å². The lowest BCUT2D eigenvalue weighted by Gasteiger charge is -2.16. The van der Waals surface area contributed by atoms with Crippen molar-refractivity contribution in [1.29, 1.82) is 0 Å². The van der Waals surface area contributed by atoms with E-state index in [1.807, 2.05) is 6.07 Å². The van der Waals surface area contributed by atoms with Crippen LogP contribution in [0.3, 0.4) is 0 Å². The average molecular weight is 412 g/mol. The first-order valence-corrected chi connectivity index (χ1v) is 9.36. The Morgan fingerprint density at radius 1 is 1.10 bits per heavy atom. The first-order chi connectivity index (χ1) is 14.6. The molecule has 0 aliphatic rings. The van der Waals surface area contributed by atoms with Gasteiger partial charge >= 0.3 is 0 Å². The zero-order chi connectivity index (χ0) is 21.5. The Labute approximate surface area is 174 Å². The fourth-order valence-electron chi connectivity index (χ4n) is 3.06. The molecule has 0 aliphatic heterocycles. The molecule has 3 rings (SSSR count). The number of carbonyl (C=O) groups is 1. The standard InChI is InChI=1S/C22H24N2O6/c1-27-18-12-15(13-19(28-2)21(18)29-3)20(26)16-11-14(22-24-8-10-30-22)5-6-17(16)23-7-4-9-25/h5-6,8,10-13,23,25H,4,7,9H2,1-3H3. The fourth-order valence-corrected chi connectivity index (χ4v) is 3.06. The van der Waals surface area contributed by atoms with Crippen LogP contribution < -0.4 is 19.5 Å². The molecule has 0 fully saturated rings. The number of nitrogens with zero attached hydrogens (tertiary/aromatic N) is 1. The van der Waals surface area contributed by atoms with Gasteiger partial charge < -0.3 is 29.1 Å². The van der Waals surface area contributed by atoms with Crippen molar-refractivity contribution in [3.05, 3.63) is 53.9 Å². The maximum atomic E-state index is 13.5. The molecule has 0 atom stereocenters. The van der Waals surface area contributed by atoms with Crippen LogP contribution in [0.5, 0.6) is 17.2 Å². The zero-order valence-electron chi connectivity index (χ0n) is 17.1. The number of oxazole rings is 1. The maximum absolute atomic E-state index is 13.5. The topological polar surface area (TPSA) is 103 Å². The summed E-state index contributed by atoms with van der Waals surface area (Å²) in [5, 5.41) is 12.3. The predicted molar refractivity (Wildman–Crippen MR) is 112 cm³/mol. The molecule has 0 unspecified atom stereocenters. The molecule has 0 saturated heterocycles. The molecule has 3 aromatic rings. The van der Waals surface area contributed by atoms with Gasteiger partial charge in [-0.05, 0) is 36.8 Å². The number of anilines is 1. The molecular weight excluding hydrogens is 388 g/mol. The molecule has 30 heavy (non-hydrogen) atoms. The Bertz CT molecular complexity index is 976. The summed E-state index contributed by atoms with van der Waals surface area (Å²) in [6, 6.07) is 8.55. The number of ketones is 1. The molecule has 0 bridgehead atoms. The van der Waals surface area contributed by atoms with E-state index in [4.69, 9.17) is 23.7 Å². The molecule has 0 spiro atoms. The van der Waals surface area contributed by atoms with Gasteiger partial charge in [-0.25, -0.2) is 4.98 Å². The van der Waals surface area contributed by atoms with E-state index in [9.17, 15) is 4.79 Å². The summed E-state index contributed by atoms with van der Waals surface area (Å²) in [6.07, 6.45) is 3.58. The molecule has 2 N–H and O–H groups in total. The van der Waals surface area contributed by atoms with Crippen molar-refractivity contribution in [2.75, 3.05) is 39.8 Å². The number of methoxy groups -OCH3 is 3. The number of rotatable bonds is 10. The number of hydrogen-bond donors (Lipinski definition) is 2. The highest BCUT2D eigenvalue weighted by Crippen LogP contribution is 2.39. The Balaban J connectivity index is 2.07. The van der Waals surface area contributed by atoms with E-state index in [0.717, 1.165) is 0 Å². The van der Waals surface area contributed by atoms with Crippen LogP contribution in [0.15, 0.2) is 47.2 Å². The summed E-state index contributed by atoms with van der Waals surface area (Å²) < 4.78 is 21.5. The van der Waals surface area contributed by atoms with Crippen LogP contribution in [0.1, 0.15) is 22.3 Å². The zero-order valence-corrected chi connectivity index (χ0v) is 17.1. The number of ether oxygens (including phenoxy) is 3. The molecule has 0 amide bonds. The van der Waals surface area contributed by atoms with E-state index >= 15 is 0 Å². The van der Waals surface area contributed by atoms with Crippen LogP contribution in [-0.2, 0) is 0 Å². The van der Waals surface area contributed by atoms with E-state index in [-0.39, 0.29) is 12.4 Å². The van der Waals surface area contributed by atoms with Crippen molar-refractivity contribution >= 4 is 11.5 Å². The third kappa shape index (κ3) is 4.38. The van der Waals surface area contributed by atoms with E-state index in [0.29, 0.717) is 58.5 Å². The minimum atomic E-state index is -0.242. The van der Waals surface area contributed by atoms with E-state index < -0.39 is 0 Å². The molecule has 0 aliphatic carbocycles. The summed E-state index contributed by atoms with van der Waals surface area (Å²) >= 11 is 0. The van der Waals surface area contributed by atoms with Gasteiger partial charge in [-0.2, -0.15) is 0 Å². The van der Waals surface area contributed by atoms with Crippen LogP contribution in [0.4, 0.5) is 5.69 Å². The van der Waals surface area contributed by atoms with Gasteiger partial charge in [0.1, 0.15) is 6.26 Å². The third-order valence-corrected chi connectivity index (χ3v) is 4.52. The lowest BCUT2D eigenvalue weighted by molar-refractivity contribution is 0.103. The SMILES string of the molecule is COc1cc(C(=O)c2cc(-c3ncco3)ccc2NCCCO)cc(OC)c1OC. The average Bonchev–Trinajstić information content (AvgIpc) is 3.32. The lowest BCUT2D eigenvalue weighted by atomic mass is 9.98. The molecule has 8 nitrogen and oxygen atoms in total. The van der Waals surface area contributed by atoms with Gasteiger partial charge in [0.2, 0.25) is 11.6 Å². The monoisotopic (exact) mass is 412 g/mol. The van der Waals surface area contributed by atoms with Crippen LogP contribution >= 0.6 is 0 Å². The molecular formula is C22H24N2O6. The molecule has 1 aromatic heterocycles. The minimum absolute atomic E-state index is 0.0531. The van der Waals surface area contributed by atoms with Crippen molar-refractivity contribution in [1.82, 2.24) is 4.98 Å². The van der Waals surface area contributed by atoms with Gasteiger partial charge in [0.05, 0.1) is 27.5 Å². The summed E-state index contributed by atoms with van der Waals surface area (Å²) in [6.45, 7) is 0.571. The first-order valence-electron chi connectivity index (χ1n) is 9.36. The predicted octanol–water partition coefficient (Wildman–Crippen LogP) is 3.39. The summed E-state index contributed by atoms with van der Waals surface area (Å²) in [5.74, 6) is 1.36. The summed E-state index contributed by atoms with van der Waals surface area (Å²) in [5.41, 5.74) is 2.11. The van der Waals surface area contributed by atoms with E-state index in [2.05, 4.69) is 10.3 Å². The molecule has 8 heteroatoms. The smallest absolute Gasteiger partial charge is 0.225 e.